The average molecular weight is 673 g/mol. The van der Waals surface area contributed by atoms with Gasteiger partial charge in [-0.25, -0.2) is 8.78 Å². The van der Waals surface area contributed by atoms with Gasteiger partial charge in [0.25, 0.3) is 0 Å². The van der Waals surface area contributed by atoms with Crippen molar-refractivity contribution in [3.63, 3.8) is 0 Å². The molecule has 0 aliphatic rings. The van der Waals surface area contributed by atoms with Crippen molar-refractivity contribution in [2.45, 2.75) is 7.43 Å². The number of rotatable bonds is 7. The molecular formula is C29H29BBrCl2F2O6. The smallest absolute Gasteiger partial charge is 0.532 e. The summed E-state index contributed by atoms with van der Waals surface area (Å²) in [5, 5.41) is 9.27. The highest BCUT2D eigenvalue weighted by Crippen LogP contribution is 2.40. The third kappa shape index (κ3) is 10.3. The Bertz CT molecular complexity index is 1350. The molecule has 6 nitrogen and oxygen atoms in total. The molecule has 4 aromatic carbocycles. The maximum atomic E-state index is 14.0. The molecule has 41 heavy (non-hydrogen) atoms. The van der Waals surface area contributed by atoms with Crippen molar-refractivity contribution in [3.05, 3.63) is 98.9 Å². The zero-order valence-electron chi connectivity index (χ0n) is 21.9. The molecule has 0 aromatic heterocycles. The summed E-state index contributed by atoms with van der Waals surface area (Å²) in [6, 6.07) is 19.4. The topological polar surface area (TPSA) is 66.4 Å². The lowest BCUT2D eigenvalue weighted by Gasteiger charge is -2.13. The number of hydrogen-bond donors (Lipinski definition) is 1. The Balaban J connectivity index is 0.000000322. The minimum absolute atomic E-state index is 0. The number of para-hydroxylation sites is 1. The Morgan fingerprint density at radius 3 is 1.51 bits per heavy atom. The van der Waals surface area contributed by atoms with Gasteiger partial charge in [0.1, 0.15) is 23.1 Å². The summed E-state index contributed by atoms with van der Waals surface area (Å²) in [5.41, 5.74) is 0.977. The lowest BCUT2D eigenvalue weighted by Crippen LogP contribution is -2.03. The first-order valence-electron chi connectivity index (χ1n) is 11.3. The van der Waals surface area contributed by atoms with Gasteiger partial charge in [-0.1, -0.05) is 42.8 Å². The van der Waals surface area contributed by atoms with Crippen LogP contribution in [0.1, 0.15) is 7.43 Å². The first-order chi connectivity index (χ1) is 19.2. The van der Waals surface area contributed by atoms with Crippen molar-refractivity contribution in [2.24, 2.45) is 0 Å². The zero-order valence-corrected chi connectivity index (χ0v) is 25.0. The Labute approximate surface area is 258 Å². The Kier molecular flexibility index (Phi) is 16.0. The SMILES string of the molecule is C.COc1cccc(OC)c1-c1ccc(Cl)cc1F.COc1cccc(OC)c1O[B]O.Fc1cc(Cl)ccc1Br. The molecule has 0 amide bonds. The monoisotopic (exact) mass is 671 g/mol. The fourth-order valence-electron chi connectivity index (χ4n) is 3.27. The van der Waals surface area contributed by atoms with Crippen molar-refractivity contribution >= 4 is 46.8 Å². The summed E-state index contributed by atoms with van der Waals surface area (Å²) in [6.07, 6.45) is 0. The molecule has 0 aliphatic carbocycles. The van der Waals surface area contributed by atoms with Crippen molar-refractivity contribution < 1.29 is 37.4 Å². The normalized spacial score (nSPS) is 9.51. The van der Waals surface area contributed by atoms with Gasteiger partial charge >= 0.3 is 7.69 Å². The second-order valence-corrected chi connectivity index (χ2v) is 9.16. The molecule has 0 aliphatic heterocycles. The molecule has 0 heterocycles. The van der Waals surface area contributed by atoms with Crippen LogP contribution in [0.4, 0.5) is 8.78 Å². The largest absolute Gasteiger partial charge is 0.569 e. The van der Waals surface area contributed by atoms with Crippen LogP contribution in [0.2, 0.25) is 10.0 Å². The predicted octanol–water partition coefficient (Wildman–Crippen LogP) is 8.65. The number of halogens is 5. The summed E-state index contributed by atoms with van der Waals surface area (Å²) in [4.78, 5) is 0. The van der Waals surface area contributed by atoms with Gasteiger partial charge in [0.05, 0.1) is 38.5 Å². The van der Waals surface area contributed by atoms with Gasteiger partial charge in [0, 0.05) is 15.6 Å². The summed E-state index contributed by atoms with van der Waals surface area (Å²) < 4.78 is 52.2. The molecule has 219 valence electrons. The summed E-state index contributed by atoms with van der Waals surface area (Å²) in [7, 11) is 6.68. The Morgan fingerprint density at radius 2 is 1.12 bits per heavy atom. The fourth-order valence-corrected chi connectivity index (χ4v) is 3.83. The van der Waals surface area contributed by atoms with E-state index in [4.69, 9.17) is 51.8 Å². The van der Waals surface area contributed by atoms with E-state index in [2.05, 4.69) is 15.9 Å². The van der Waals surface area contributed by atoms with E-state index < -0.39 is 5.82 Å². The highest BCUT2D eigenvalue weighted by molar-refractivity contribution is 9.10. The van der Waals surface area contributed by atoms with Crippen LogP contribution >= 0.6 is 39.1 Å². The van der Waals surface area contributed by atoms with Gasteiger partial charge in [0.2, 0.25) is 0 Å². The van der Waals surface area contributed by atoms with E-state index in [0.717, 1.165) is 0 Å². The van der Waals surface area contributed by atoms with Crippen LogP contribution in [0.15, 0.2) is 77.3 Å². The van der Waals surface area contributed by atoms with Gasteiger partial charge in [0.15, 0.2) is 17.2 Å². The summed E-state index contributed by atoms with van der Waals surface area (Å²) in [6.45, 7) is 0. The van der Waals surface area contributed by atoms with E-state index >= 15 is 0 Å². The minimum atomic E-state index is -0.412. The third-order valence-electron chi connectivity index (χ3n) is 5.06. The number of methoxy groups -OCH3 is 4. The van der Waals surface area contributed by atoms with Crippen LogP contribution in [-0.4, -0.2) is 41.1 Å². The highest BCUT2D eigenvalue weighted by Gasteiger charge is 2.16. The third-order valence-corrected chi connectivity index (χ3v) is 6.18. The quantitative estimate of drug-likeness (QED) is 0.157. The molecule has 4 rings (SSSR count). The second kappa shape index (κ2) is 18.3. The van der Waals surface area contributed by atoms with E-state index in [-0.39, 0.29) is 13.2 Å². The number of ether oxygens (including phenoxy) is 4. The first-order valence-corrected chi connectivity index (χ1v) is 12.9. The second-order valence-electron chi connectivity index (χ2n) is 7.44. The lowest BCUT2D eigenvalue weighted by atomic mass is 10.0. The van der Waals surface area contributed by atoms with Crippen LogP contribution in [0.25, 0.3) is 11.1 Å². The van der Waals surface area contributed by atoms with Crippen molar-refractivity contribution in [1.29, 1.82) is 0 Å². The van der Waals surface area contributed by atoms with Gasteiger partial charge in [-0.15, -0.1) is 0 Å². The van der Waals surface area contributed by atoms with E-state index in [1.165, 1.54) is 40.6 Å². The average Bonchev–Trinajstić information content (AvgIpc) is 2.96. The van der Waals surface area contributed by atoms with Crippen LogP contribution in [0, 0.1) is 11.6 Å². The van der Waals surface area contributed by atoms with Gasteiger partial charge in [-0.05, 0) is 76.6 Å². The Morgan fingerprint density at radius 1 is 0.683 bits per heavy atom. The Hall–Kier alpha value is -3.18. The summed E-state index contributed by atoms with van der Waals surface area (Å²) in [5.74, 6) is 1.73. The highest BCUT2D eigenvalue weighted by atomic mass is 79.9. The van der Waals surface area contributed by atoms with Crippen molar-refractivity contribution in [2.75, 3.05) is 28.4 Å². The molecule has 0 unspecified atom stereocenters. The van der Waals surface area contributed by atoms with Gasteiger partial charge in [-0.2, -0.15) is 0 Å². The molecule has 12 heteroatoms. The van der Waals surface area contributed by atoms with Crippen LogP contribution in [0.5, 0.6) is 28.7 Å². The molecule has 4 aromatic rings. The number of hydrogen-bond acceptors (Lipinski definition) is 6. The molecule has 1 N–H and O–H groups in total. The first kappa shape index (κ1) is 35.9. The molecule has 0 saturated carbocycles. The van der Waals surface area contributed by atoms with Gasteiger partial charge < -0.3 is 28.6 Å². The fraction of sp³-hybridized carbons (Fsp3) is 0.172. The molecule has 0 bridgehead atoms. The molecule has 1 radical (unpaired) electrons. The van der Waals surface area contributed by atoms with Crippen LogP contribution in [-0.2, 0) is 0 Å². The number of benzene rings is 4. The van der Waals surface area contributed by atoms with E-state index in [9.17, 15) is 8.78 Å². The molecular weight excluding hydrogens is 644 g/mol. The molecule has 0 saturated heterocycles. The maximum absolute atomic E-state index is 14.0. The van der Waals surface area contributed by atoms with E-state index in [0.29, 0.717) is 62.1 Å². The molecule has 0 spiro atoms. The van der Waals surface area contributed by atoms with E-state index in [1.54, 1.807) is 60.7 Å². The van der Waals surface area contributed by atoms with E-state index in [1.807, 2.05) is 0 Å². The minimum Gasteiger partial charge on any atom is -0.532 e. The lowest BCUT2D eigenvalue weighted by molar-refractivity contribution is 0.351. The van der Waals surface area contributed by atoms with Crippen molar-refractivity contribution in [1.82, 2.24) is 0 Å². The van der Waals surface area contributed by atoms with Crippen molar-refractivity contribution in [3.8, 4) is 39.9 Å². The maximum Gasteiger partial charge on any atom is 0.569 e. The zero-order chi connectivity index (χ0) is 29.7. The van der Waals surface area contributed by atoms with Gasteiger partial charge in [-0.3, -0.25) is 0 Å². The summed E-state index contributed by atoms with van der Waals surface area (Å²) >= 11 is 14.2. The molecule has 0 fully saturated rings. The standard InChI is InChI=1S/C14H12ClFO2.C8H10BO4.C6H3BrClF.CH4/c1-17-12-4-3-5-13(18-2)14(12)10-7-6-9(15)8-11(10)16;1-11-6-4-3-5-7(12-2)8(6)13-9-10;7-5-2-1-4(8)3-6(5)9;/h3-8H,1-2H3;3-5,10H,1-2H3;1-3H;1H4. The van der Waals surface area contributed by atoms with Crippen LogP contribution < -0.4 is 23.6 Å². The molecule has 0 atom stereocenters. The predicted molar refractivity (Wildman–Crippen MR) is 164 cm³/mol. The van der Waals surface area contributed by atoms with Crippen LogP contribution in [0.3, 0.4) is 0 Å².